The average Bonchev–Trinajstić information content (AvgIpc) is 2.45. The highest BCUT2D eigenvalue weighted by Gasteiger charge is 2.28. The second kappa shape index (κ2) is 3.85. The Balaban J connectivity index is 3.22. The van der Waals surface area contributed by atoms with Crippen LogP contribution in [0.5, 0.6) is 0 Å². The number of carboxylic acid groups (broad SMARTS) is 1. The molecular formula is C6H4Cl2N2O4. The van der Waals surface area contributed by atoms with Crippen LogP contribution in [-0.4, -0.2) is 26.1 Å². The maximum Gasteiger partial charge on any atom is 0.341 e. The summed E-state index contributed by atoms with van der Waals surface area (Å²) >= 11 is 10.2. The molecule has 0 aliphatic carbocycles. The molecule has 14 heavy (non-hydrogen) atoms. The van der Waals surface area contributed by atoms with E-state index >= 15 is 0 Å². The molecule has 0 bridgehead atoms. The molecule has 0 aliphatic heterocycles. The minimum absolute atomic E-state index is 0.0797. The van der Waals surface area contributed by atoms with E-state index in [1.807, 2.05) is 0 Å². The zero-order chi connectivity index (χ0) is 10.9. The Hall–Kier alpha value is -1.27. The van der Waals surface area contributed by atoms with Gasteiger partial charge in [-0.25, -0.2) is 4.79 Å². The third-order valence-corrected chi connectivity index (χ3v) is 1.73. The Labute approximate surface area is 88.2 Å². The van der Waals surface area contributed by atoms with Crippen molar-refractivity contribution in [1.82, 2.24) is 9.09 Å². The molecule has 1 aromatic heterocycles. The fourth-order valence-electron chi connectivity index (χ4n) is 0.844. The molecule has 1 amide bonds. The first-order valence-corrected chi connectivity index (χ1v) is 3.98. The fourth-order valence-corrected chi connectivity index (χ4v) is 0.998. The van der Waals surface area contributed by atoms with Crippen molar-refractivity contribution in [3.8, 4) is 0 Å². The fraction of sp³-hybridized carbons (Fsp3) is 0.167. The van der Waals surface area contributed by atoms with Gasteiger partial charge < -0.3 is 9.63 Å². The van der Waals surface area contributed by atoms with Gasteiger partial charge in [0, 0.05) is 23.6 Å². The van der Waals surface area contributed by atoms with Crippen LogP contribution in [0.4, 0.5) is 0 Å². The molecular weight excluding hydrogens is 235 g/mol. The molecule has 8 heteroatoms. The lowest BCUT2D eigenvalue weighted by Crippen LogP contribution is -2.14. The summed E-state index contributed by atoms with van der Waals surface area (Å²) < 4.78 is 4.66. The standard InChI is InChI=1S/C6H4Cl2N2O4/c1-2-3(6(12)13)4(14-9-2)5(11)10(7)8/h1H3,(H,12,13). The van der Waals surface area contributed by atoms with Gasteiger partial charge in [-0.3, -0.25) is 4.79 Å². The first kappa shape index (κ1) is 10.8. The van der Waals surface area contributed by atoms with E-state index in [0.29, 0.717) is 0 Å². The number of halogens is 2. The highest BCUT2D eigenvalue weighted by molar-refractivity contribution is 6.43. The van der Waals surface area contributed by atoms with Crippen LogP contribution in [0.3, 0.4) is 0 Å². The average molecular weight is 239 g/mol. The Morgan fingerprint density at radius 1 is 1.50 bits per heavy atom. The molecule has 0 atom stereocenters. The van der Waals surface area contributed by atoms with E-state index in [9.17, 15) is 9.59 Å². The van der Waals surface area contributed by atoms with Crippen molar-refractivity contribution in [2.45, 2.75) is 6.92 Å². The van der Waals surface area contributed by atoms with Crippen LogP contribution >= 0.6 is 23.6 Å². The Morgan fingerprint density at radius 3 is 2.50 bits per heavy atom. The van der Waals surface area contributed by atoms with E-state index in [0.717, 1.165) is 0 Å². The Bertz CT molecular complexity index is 387. The summed E-state index contributed by atoms with van der Waals surface area (Å²) in [5.41, 5.74) is -0.266. The van der Waals surface area contributed by atoms with Gasteiger partial charge in [-0.05, 0) is 6.92 Å². The van der Waals surface area contributed by atoms with Gasteiger partial charge in [0.15, 0.2) is 0 Å². The summed E-state index contributed by atoms with van der Waals surface area (Å²) in [7, 11) is 0. The predicted molar refractivity (Wildman–Crippen MR) is 46.1 cm³/mol. The lowest BCUT2D eigenvalue weighted by Gasteiger charge is -1.99. The van der Waals surface area contributed by atoms with Crippen molar-refractivity contribution in [1.29, 1.82) is 0 Å². The van der Waals surface area contributed by atoms with Gasteiger partial charge in [0.2, 0.25) is 5.76 Å². The number of aromatic carboxylic acids is 1. The third-order valence-electron chi connectivity index (χ3n) is 1.42. The van der Waals surface area contributed by atoms with Crippen LogP contribution in [0.15, 0.2) is 4.52 Å². The summed E-state index contributed by atoms with van der Waals surface area (Å²) in [6, 6.07) is 0. The van der Waals surface area contributed by atoms with E-state index < -0.39 is 17.6 Å². The van der Waals surface area contributed by atoms with E-state index in [1.54, 1.807) is 0 Å². The van der Waals surface area contributed by atoms with Gasteiger partial charge >= 0.3 is 11.9 Å². The molecule has 76 valence electrons. The minimum atomic E-state index is -1.33. The first-order chi connectivity index (χ1) is 6.45. The van der Waals surface area contributed by atoms with Gasteiger partial charge in [-0.2, -0.15) is 3.94 Å². The van der Waals surface area contributed by atoms with E-state index in [2.05, 4.69) is 9.68 Å². The second-order valence-electron chi connectivity index (χ2n) is 2.32. The number of amides is 1. The molecule has 0 saturated heterocycles. The molecule has 0 spiro atoms. The quantitative estimate of drug-likeness (QED) is 0.789. The molecule has 0 fully saturated rings. The zero-order valence-electron chi connectivity index (χ0n) is 6.82. The molecule has 0 unspecified atom stereocenters. The molecule has 1 rings (SSSR count). The number of carbonyl (C=O) groups is 2. The summed E-state index contributed by atoms with van der Waals surface area (Å²) in [6.45, 7) is 1.39. The maximum absolute atomic E-state index is 11.1. The van der Waals surface area contributed by atoms with Crippen LogP contribution in [-0.2, 0) is 0 Å². The summed E-state index contributed by atoms with van der Waals surface area (Å²) in [6.07, 6.45) is 0. The maximum atomic E-state index is 11.1. The molecule has 6 nitrogen and oxygen atoms in total. The number of aromatic nitrogens is 1. The van der Waals surface area contributed by atoms with Crippen molar-refractivity contribution in [3.05, 3.63) is 17.0 Å². The molecule has 0 aromatic carbocycles. The molecule has 1 aromatic rings. The largest absolute Gasteiger partial charge is 0.477 e. The zero-order valence-corrected chi connectivity index (χ0v) is 8.33. The van der Waals surface area contributed by atoms with Crippen molar-refractivity contribution < 1.29 is 19.2 Å². The topological polar surface area (TPSA) is 83.6 Å². The highest BCUT2D eigenvalue weighted by Crippen LogP contribution is 2.17. The molecule has 1 N–H and O–H groups in total. The lowest BCUT2D eigenvalue weighted by molar-refractivity contribution is 0.0685. The van der Waals surface area contributed by atoms with Gasteiger partial charge in [-0.15, -0.1) is 0 Å². The number of carboxylic acids is 1. The first-order valence-electron chi connectivity index (χ1n) is 3.30. The third kappa shape index (κ3) is 1.80. The molecule has 0 aliphatic rings. The van der Waals surface area contributed by atoms with Crippen LogP contribution in [0.25, 0.3) is 0 Å². The minimum Gasteiger partial charge on any atom is -0.477 e. The number of carbonyl (C=O) groups excluding carboxylic acids is 1. The van der Waals surface area contributed by atoms with Crippen LogP contribution in [0.2, 0.25) is 0 Å². The SMILES string of the molecule is Cc1noc(C(=O)N(Cl)Cl)c1C(=O)O. The Kier molecular flexibility index (Phi) is 2.97. The number of rotatable bonds is 2. The van der Waals surface area contributed by atoms with Crippen molar-refractivity contribution in [3.63, 3.8) is 0 Å². The summed E-state index contributed by atoms with van der Waals surface area (Å²) in [5, 5.41) is 12.0. The summed E-state index contributed by atoms with van der Waals surface area (Å²) in [5.74, 6) is -2.81. The smallest absolute Gasteiger partial charge is 0.341 e. The molecule has 0 radical (unpaired) electrons. The van der Waals surface area contributed by atoms with E-state index in [-0.39, 0.29) is 15.2 Å². The summed E-state index contributed by atoms with van der Waals surface area (Å²) in [4.78, 5) is 21.8. The number of hydrogen-bond donors (Lipinski definition) is 1. The molecule has 1 heterocycles. The molecule has 0 saturated carbocycles. The monoisotopic (exact) mass is 238 g/mol. The Morgan fingerprint density at radius 2 is 2.07 bits per heavy atom. The van der Waals surface area contributed by atoms with Crippen molar-refractivity contribution in [2.24, 2.45) is 0 Å². The van der Waals surface area contributed by atoms with Crippen LogP contribution in [0, 0.1) is 6.92 Å². The normalized spacial score (nSPS) is 9.93. The number of hydrogen-bond acceptors (Lipinski definition) is 4. The van der Waals surface area contributed by atoms with Gasteiger partial charge in [0.1, 0.15) is 5.56 Å². The van der Waals surface area contributed by atoms with Crippen molar-refractivity contribution in [2.75, 3.05) is 0 Å². The van der Waals surface area contributed by atoms with Gasteiger partial charge in [-0.1, -0.05) is 5.16 Å². The van der Waals surface area contributed by atoms with Gasteiger partial charge in [0.25, 0.3) is 0 Å². The number of aryl methyl sites for hydroxylation is 1. The van der Waals surface area contributed by atoms with Crippen LogP contribution in [0.1, 0.15) is 26.6 Å². The lowest BCUT2D eigenvalue weighted by atomic mass is 10.2. The van der Waals surface area contributed by atoms with E-state index in [4.69, 9.17) is 28.7 Å². The second-order valence-corrected chi connectivity index (χ2v) is 3.16. The van der Waals surface area contributed by atoms with Crippen molar-refractivity contribution >= 4 is 35.4 Å². The number of nitrogens with zero attached hydrogens (tertiary/aromatic N) is 2. The van der Waals surface area contributed by atoms with E-state index in [1.165, 1.54) is 6.92 Å². The van der Waals surface area contributed by atoms with Gasteiger partial charge in [0.05, 0.1) is 5.69 Å². The highest BCUT2D eigenvalue weighted by atomic mass is 35.5. The van der Waals surface area contributed by atoms with Crippen LogP contribution < -0.4 is 0 Å². The predicted octanol–water partition coefficient (Wildman–Crippen LogP) is 1.43.